The Morgan fingerprint density at radius 1 is 1.30 bits per heavy atom. The van der Waals surface area contributed by atoms with Gasteiger partial charge < -0.3 is 10.5 Å². The van der Waals surface area contributed by atoms with Crippen molar-refractivity contribution in [3.05, 3.63) is 69.5 Å². The van der Waals surface area contributed by atoms with E-state index in [0.717, 1.165) is 15.6 Å². The van der Waals surface area contributed by atoms with E-state index in [-0.39, 0.29) is 16.4 Å². The van der Waals surface area contributed by atoms with Gasteiger partial charge in [-0.15, -0.1) is 0 Å². The van der Waals surface area contributed by atoms with Crippen molar-refractivity contribution in [2.45, 2.75) is 6.61 Å². The molecule has 2 rings (SSSR count). The zero-order chi connectivity index (χ0) is 16.8. The zero-order valence-corrected chi connectivity index (χ0v) is 14.3. The lowest BCUT2D eigenvalue weighted by Gasteiger charge is -2.09. The first-order valence-corrected chi connectivity index (χ1v) is 7.78. The van der Waals surface area contributed by atoms with Gasteiger partial charge in [0.1, 0.15) is 29.2 Å². The number of hydrogen-bond acceptors (Lipinski definition) is 3. The summed E-state index contributed by atoms with van der Waals surface area (Å²) in [5.74, 6) is 0.359. The van der Waals surface area contributed by atoms with Crippen molar-refractivity contribution in [1.29, 1.82) is 5.26 Å². The number of rotatable bonds is 5. The maximum Gasteiger partial charge on any atom is 0.134 e. The van der Waals surface area contributed by atoms with E-state index in [1.165, 1.54) is 12.1 Å². The SMILES string of the molecule is N#C/C(=C/c1ccc(OCc2ccc(F)cc2)c(Br)c1)C(N)=S. The summed E-state index contributed by atoms with van der Waals surface area (Å²) in [6.07, 6.45) is 1.61. The normalized spacial score (nSPS) is 10.9. The summed E-state index contributed by atoms with van der Waals surface area (Å²) < 4.78 is 19.3. The molecule has 0 spiro atoms. The van der Waals surface area contributed by atoms with Crippen LogP contribution in [0.3, 0.4) is 0 Å². The molecule has 0 aromatic heterocycles. The molecule has 116 valence electrons. The van der Waals surface area contributed by atoms with Gasteiger partial charge in [-0.25, -0.2) is 4.39 Å². The Bertz CT molecular complexity index is 797. The molecule has 2 aromatic carbocycles. The molecule has 2 N–H and O–H groups in total. The third kappa shape index (κ3) is 4.88. The molecule has 0 aliphatic rings. The summed E-state index contributed by atoms with van der Waals surface area (Å²) in [6.45, 7) is 0.324. The van der Waals surface area contributed by atoms with Crippen molar-refractivity contribution in [3.8, 4) is 11.8 Å². The maximum atomic E-state index is 12.9. The number of ether oxygens (including phenoxy) is 1. The van der Waals surface area contributed by atoms with Gasteiger partial charge in [0.2, 0.25) is 0 Å². The Labute approximate surface area is 147 Å². The first kappa shape index (κ1) is 17.1. The van der Waals surface area contributed by atoms with E-state index in [0.29, 0.717) is 12.4 Å². The first-order chi connectivity index (χ1) is 11.0. The van der Waals surface area contributed by atoms with E-state index in [1.807, 2.05) is 6.07 Å². The smallest absolute Gasteiger partial charge is 0.134 e. The molecule has 0 radical (unpaired) electrons. The Hall–Kier alpha value is -2.23. The van der Waals surface area contributed by atoms with E-state index in [9.17, 15) is 4.39 Å². The van der Waals surface area contributed by atoms with E-state index in [2.05, 4.69) is 15.9 Å². The molecule has 0 aliphatic carbocycles. The predicted octanol–water partition coefficient (Wildman–Crippen LogP) is 4.36. The molecule has 0 heterocycles. The van der Waals surface area contributed by atoms with Gasteiger partial charge in [0.15, 0.2) is 0 Å². The number of nitriles is 1. The van der Waals surface area contributed by atoms with E-state index in [4.69, 9.17) is 28.0 Å². The summed E-state index contributed by atoms with van der Waals surface area (Å²) in [5, 5.41) is 8.96. The first-order valence-electron chi connectivity index (χ1n) is 6.58. The van der Waals surface area contributed by atoms with Crippen LogP contribution in [0.1, 0.15) is 11.1 Å². The average Bonchev–Trinajstić information content (AvgIpc) is 2.53. The quantitative estimate of drug-likeness (QED) is 0.468. The topological polar surface area (TPSA) is 59.0 Å². The highest BCUT2D eigenvalue weighted by atomic mass is 79.9. The van der Waals surface area contributed by atoms with E-state index < -0.39 is 0 Å². The van der Waals surface area contributed by atoms with Gasteiger partial charge in [-0.05, 0) is 57.4 Å². The van der Waals surface area contributed by atoms with Crippen LogP contribution in [-0.2, 0) is 6.61 Å². The van der Waals surface area contributed by atoms with Crippen molar-refractivity contribution in [1.82, 2.24) is 0 Å². The Balaban J connectivity index is 2.12. The summed E-state index contributed by atoms with van der Waals surface area (Å²) in [4.78, 5) is 0.0558. The highest BCUT2D eigenvalue weighted by Gasteiger charge is 2.05. The molecule has 3 nitrogen and oxygen atoms in total. The second-order valence-electron chi connectivity index (χ2n) is 4.64. The third-order valence-electron chi connectivity index (χ3n) is 2.96. The third-order valence-corrected chi connectivity index (χ3v) is 3.80. The molecule has 0 unspecified atom stereocenters. The summed E-state index contributed by atoms with van der Waals surface area (Å²) >= 11 is 8.22. The van der Waals surface area contributed by atoms with Crippen LogP contribution in [0.25, 0.3) is 6.08 Å². The van der Waals surface area contributed by atoms with Gasteiger partial charge >= 0.3 is 0 Å². The number of nitrogens with zero attached hydrogens (tertiary/aromatic N) is 1. The molecule has 0 saturated heterocycles. The van der Waals surface area contributed by atoms with Crippen LogP contribution in [-0.4, -0.2) is 4.99 Å². The van der Waals surface area contributed by atoms with Crippen LogP contribution >= 0.6 is 28.1 Å². The van der Waals surface area contributed by atoms with Gasteiger partial charge in [-0.3, -0.25) is 0 Å². The van der Waals surface area contributed by atoms with Crippen molar-refractivity contribution in [2.75, 3.05) is 0 Å². The lowest BCUT2D eigenvalue weighted by Crippen LogP contribution is -2.09. The predicted molar refractivity (Wildman–Crippen MR) is 95.2 cm³/mol. The number of hydrogen-bond donors (Lipinski definition) is 1. The molecule has 0 atom stereocenters. The van der Waals surface area contributed by atoms with Crippen LogP contribution in [0.4, 0.5) is 4.39 Å². The van der Waals surface area contributed by atoms with Crippen LogP contribution in [0.2, 0.25) is 0 Å². The van der Waals surface area contributed by atoms with Gasteiger partial charge in [-0.2, -0.15) is 5.26 Å². The largest absolute Gasteiger partial charge is 0.488 e. The highest BCUT2D eigenvalue weighted by Crippen LogP contribution is 2.27. The van der Waals surface area contributed by atoms with Crippen molar-refractivity contribution in [3.63, 3.8) is 0 Å². The molecule has 0 saturated carbocycles. The molecule has 0 fully saturated rings. The molecule has 6 heteroatoms. The van der Waals surface area contributed by atoms with Crippen LogP contribution < -0.4 is 10.5 Å². The number of halogens is 2. The Morgan fingerprint density at radius 3 is 2.57 bits per heavy atom. The fraction of sp³-hybridized carbons (Fsp3) is 0.0588. The van der Waals surface area contributed by atoms with E-state index in [1.54, 1.807) is 36.4 Å². The van der Waals surface area contributed by atoms with Crippen molar-refractivity contribution < 1.29 is 9.13 Å². The number of benzene rings is 2. The molecule has 0 bridgehead atoms. The minimum atomic E-state index is -0.280. The average molecular weight is 391 g/mol. The lowest BCUT2D eigenvalue weighted by molar-refractivity contribution is 0.304. The summed E-state index contributed by atoms with van der Waals surface area (Å²) in [6, 6.07) is 13.4. The summed E-state index contributed by atoms with van der Waals surface area (Å²) in [7, 11) is 0. The van der Waals surface area contributed by atoms with E-state index >= 15 is 0 Å². The fourth-order valence-electron chi connectivity index (χ4n) is 1.79. The van der Waals surface area contributed by atoms with Crippen LogP contribution in [0.15, 0.2) is 52.5 Å². The minimum Gasteiger partial charge on any atom is -0.488 e. The van der Waals surface area contributed by atoms with Gasteiger partial charge in [0.05, 0.1) is 10.0 Å². The molecule has 23 heavy (non-hydrogen) atoms. The lowest BCUT2D eigenvalue weighted by atomic mass is 10.1. The van der Waals surface area contributed by atoms with Crippen molar-refractivity contribution >= 4 is 39.2 Å². The molecule has 2 aromatic rings. The number of thiocarbonyl (C=S) groups is 1. The molecule has 0 aliphatic heterocycles. The Kier molecular flexibility index (Phi) is 5.85. The maximum absolute atomic E-state index is 12.9. The van der Waals surface area contributed by atoms with Crippen LogP contribution in [0.5, 0.6) is 5.75 Å². The van der Waals surface area contributed by atoms with Crippen molar-refractivity contribution in [2.24, 2.45) is 5.73 Å². The minimum absolute atomic E-state index is 0.0558. The zero-order valence-electron chi connectivity index (χ0n) is 11.9. The molecular weight excluding hydrogens is 379 g/mol. The Morgan fingerprint density at radius 2 is 2.00 bits per heavy atom. The van der Waals surface area contributed by atoms with Crippen LogP contribution in [0, 0.1) is 17.1 Å². The van der Waals surface area contributed by atoms with Gasteiger partial charge in [0, 0.05) is 0 Å². The monoisotopic (exact) mass is 390 g/mol. The van der Waals surface area contributed by atoms with Gasteiger partial charge in [-0.1, -0.05) is 30.4 Å². The second kappa shape index (κ2) is 7.86. The highest BCUT2D eigenvalue weighted by molar-refractivity contribution is 9.10. The molecular formula is C17H12BrFN2OS. The van der Waals surface area contributed by atoms with Gasteiger partial charge in [0.25, 0.3) is 0 Å². The fourth-order valence-corrected chi connectivity index (χ4v) is 2.41. The second-order valence-corrected chi connectivity index (χ2v) is 5.93. The number of nitrogens with two attached hydrogens (primary N) is 1. The standard InChI is InChI=1S/C17H12BrFN2OS/c18-15-8-12(7-13(9-20)17(21)23)3-6-16(15)22-10-11-1-4-14(19)5-2-11/h1-8H,10H2,(H2,21,23)/b13-7-. The summed E-state index contributed by atoms with van der Waals surface area (Å²) in [5.41, 5.74) is 7.34. The molecule has 0 amide bonds.